The van der Waals surface area contributed by atoms with E-state index in [-0.39, 0.29) is 81.8 Å². The number of ketones is 2. The molecule has 0 saturated heterocycles. The fraction of sp³-hybridized carbons (Fsp3) is 0.0909. The number of carbonyl (C=O) groups excluding carboxylic acids is 2. The third kappa shape index (κ3) is 9.71. The Morgan fingerprint density at radius 3 is 1.66 bits per heavy atom. The van der Waals surface area contributed by atoms with E-state index in [9.17, 15) is 22.6 Å². The van der Waals surface area contributed by atoms with E-state index in [1.54, 1.807) is 18.2 Å². The zero-order valence-electron chi connectivity index (χ0n) is 19.3. The molecule has 0 unspecified atom stereocenters. The number of methoxy groups -OCH3 is 1. The number of rotatable bonds is 6. The monoisotopic (exact) mass is 534 g/mol. The Bertz CT molecular complexity index is 1390. The fourth-order valence-electron chi connectivity index (χ4n) is 2.76. The minimum Gasteiger partial charge on any atom is -0.744 e. The quantitative estimate of drug-likeness (QED) is 0.134. The molecule has 0 N–H and O–H groups in total. The molecule has 172 valence electrons. The first-order valence-electron chi connectivity index (χ1n) is 9.02. The summed E-state index contributed by atoms with van der Waals surface area (Å²) >= 11 is 0. The third-order valence-corrected chi connectivity index (χ3v) is 5.19. The van der Waals surface area contributed by atoms with Crippen molar-refractivity contribution in [2.45, 2.75) is 11.8 Å². The van der Waals surface area contributed by atoms with Crippen molar-refractivity contribution >= 4 is 32.3 Å². The van der Waals surface area contributed by atoms with Gasteiger partial charge in [-0.2, -0.15) is 29.8 Å². The van der Waals surface area contributed by atoms with Gasteiger partial charge in [-0.05, 0) is 18.2 Å². The molecule has 0 aliphatic heterocycles. The van der Waals surface area contributed by atoms with Gasteiger partial charge in [0.2, 0.25) is 0 Å². The predicted molar refractivity (Wildman–Crippen MR) is 114 cm³/mol. The van der Waals surface area contributed by atoms with Crippen LogP contribution < -0.4 is 63.9 Å². The summed E-state index contributed by atoms with van der Waals surface area (Å²) in [6.45, 7) is 1.87. The summed E-state index contributed by atoms with van der Waals surface area (Å²) in [6, 6.07) is 17.7. The Kier molecular flexibility index (Phi) is 14.1. The molecule has 0 amide bonds. The summed E-state index contributed by atoms with van der Waals surface area (Å²) in [5, 5.41) is 0. The molecule has 9 nitrogen and oxygen atoms in total. The van der Waals surface area contributed by atoms with Crippen molar-refractivity contribution in [2.75, 3.05) is 7.11 Å². The molecule has 13 heteroatoms. The molecule has 3 aromatic carbocycles. The van der Waals surface area contributed by atoms with Crippen molar-refractivity contribution in [2.24, 2.45) is 0 Å². The van der Waals surface area contributed by atoms with E-state index in [0.29, 0.717) is 11.1 Å². The summed E-state index contributed by atoms with van der Waals surface area (Å²) < 4.78 is 64.4. The van der Waals surface area contributed by atoms with Crippen LogP contribution in [0.1, 0.15) is 37.4 Å². The maximum absolute atomic E-state index is 12.7. The van der Waals surface area contributed by atoms with Crippen molar-refractivity contribution in [3.8, 4) is 5.75 Å². The molecule has 0 fully saturated rings. The first-order valence-corrected chi connectivity index (χ1v) is 11.4. The van der Waals surface area contributed by atoms with Crippen molar-refractivity contribution < 1.29 is 99.0 Å². The van der Waals surface area contributed by atoms with Crippen LogP contribution in [0.25, 0.3) is 0 Å². The van der Waals surface area contributed by atoms with Crippen molar-refractivity contribution in [3.05, 3.63) is 94.5 Å². The van der Waals surface area contributed by atoms with Gasteiger partial charge in [0.05, 0.1) is 12.0 Å². The molecule has 35 heavy (non-hydrogen) atoms. The summed E-state index contributed by atoms with van der Waals surface area (Å²) in [5.74, 6) is -0.822. The zero-order chi connectivity index (χ0) is 24.8. The molecule has 0 aliphatic carbocycles. The van der Waals surface area contributed by atoms with Gasteiger partial charge in [0.25, 0.3) is 0 Å². The molecule has 0 radical (unpaired) electrons. The molecule has 3 aromatic rings. The number of hydrogen-bond acceptors (Lipinski definition) is 9. The van der Waals surface area contributed by atoms with Gasteiger partial charge in [-0.15, -0.1) is 12.6 Å². The summed E-state index contributed by atoms with van der Waals surface area (Å²) in [6.07, 6.45) is 0. The van der Waals surface area contributed by atoms with Crippen LogP contribution in [0.15, 0.2) is 65.6 Å². The fourth-order valence-corrected chi connectivity index (χ4v) is 3.43. The van der Waals surface area contributed by atoms with Gasteiger partial charge in [-0.25, -0.2) is 8.42 Å². The third-order valence-electron chi connectivity index (χ3n) is 4.33. The van der Waals surface area contributed by atoms with Crippen LogP contribution in [0.4, 0.5) is 0 Å². The largest absolute Gasteiger partial charge is 1.00 e. The maximum atomic E-state index is 12.7. The van der Waals surface area contributed by atoms with E-state index < -0.39 is 31.4 Å². The smallest absolute Gasteiger partial charge is 0.744 e. The van der Waals surface area contributed by atoms with Crippen LogP contribution in [-0.2, 0) is 20.7 Å². The number of aryl methyl sites for hydroxylation is 1. The molecule has 0 spiro atoms. The molecule has 0 aliphatic rings. The Morgan fingerprint density at radius 2 is 1.26 bits per heavy atom. The second-order valence-electron chi connectivity index (χ2n) is 6.52. The predicted octanol–water partition coefficient (Wildman–Crippen LogP) is -3.83. The Hall–Kier alpha value is -1.67. The average Bonchev–Trinajstić information content (AvgIpc) is 2.77. The van der Waals surface area contributed by atoms with Crippen molar-refractivity contribution in [1.29, 1.82) is 0 Å². The zero-order valence-corrected chi connectivity index (χ0v) is 24.9. The molecule has 0 saturated carbocycles. The number of benzene rings is 3. The van der Waals surface area contributed by atoms with Crippen LogP contribution >= 0.6 is 0 Å². The summed E-state index contributed by atoms with van der Waals surface area (Å²) in [5.41, 5.74) is 2.07. The second kappa shape index (κ2) is 14.8. The first kappa shape index (κ1) is 33.3. The minimum absolute atomic E-state index is 0. The molecular formula is C22H16Na2O9S2. The van der Waals surface area contributed by atoms with Crippen LogP contribution in [0.2, 0.25) is 0 Å². The normalized spacial score (nSPS) is 9.91. The number of hydrogen-bond donors (Lipinski definition) is 0. The molecule has 0 heterocycles. The molecule has 0 bridgehead atoms. The van der Waals surface area contributed by atoms with Gasteiger partial charge >= 0.3 is 69.7 Å². The van der Waals surface area contributed by atoms with Gasteiger partial charge < -0.3 is 14.1 Å². The molecule has 0 aromatic heterocycles. The first-order chi connectivity index (χ1) is 15.4. The van der Waals surface area contributed by atoms with Gasteiger partial charge in [0.1, 0.15) is 21.7 Å². The topological polar surface area (TPSA) is 152 Å². The van der Waals surface area contributed by atoms with Crippen LogP contribution in [0.5, 0.6) is 5.75 Å². The van der Waals surface area contributed by atoms with Crippen molar-refractivity contribution in [3.63, 3.8) is 0 Å². The van der Waals surface area contributed by atoms with E-state index in [1.807, 2.05) is 6.92 Å². The minimum atomic E-state index is -4.81. The summed E-state index contributed by atoms with van der Waals surface area (Å²) in [7, 11) is -6.69. The van der Waals surface area contributed by atoms with Crippen LogP contribution in [0, 0.1) is 13.0 Å². The van der Waals surface area contributed by atoms with E-state index in [1.165, 1.54) is 43.5 Å². The van der Waals surface area contributed by atoms with E-state index in [0.717, 1.165) is 11.6 Å². The van der Waals surface area contributed by atoms with Crippen molar-refractivity contribution in [1.82, 2.24) is 0 Å². The van der Waals surface area contributed by atoms with Crippen LogP contribution in [0.3, 0.4) is 0 Å². The SMILES string of the molecule is COc1ccc(C(=O)c2ccc(C(=O)c3c[c-]c(C)cc3)cc2)cc1S(=O)(=O)[O-].O=S(=O)=O.[Na+].[Na+]. The Balaban J connectivity index is 0.00000179. The number of ether oxygens (including phenoxy) is 1. The van der Waals surface area contributed by atoms with Gasteiger partial charge in [-0.3, -0.25) is 4.79 Å². The average molecular weight is 534 g/mol. The number of carbonyl (C=O) groups is 2. The Labute approximate surface area is 248 Å². The molecule has 3 rings (SSSR count). The van der Waals surface area contributed by atoms with E-state index in [4.69, 9.17) is 17.4 Å². The summed E-state index contributed by atoms with van der Waals surface area (Å²) in [4.78, 5) is 24.6. The standard InChI is InChI=1S/C22H17O6S.2Na.O3S/c1-14-3-5-15(6-4-14)21(23)16-7-9-17(10-8-16)22(24)18-11-12-19(28-2)20(13-18)29(25,26)27;;;1-4(2)3/h3,5-13H,1-2H3,(H,25,26,27);;;/q-1;2*+1;/p-1. The molecule has 0 atom stereocenters. The van der Waals surface area contributed by atoms with Gasteiger partial charge in [0, 0.05) is 16.7 Å². The van der Waals surface area contributed by atoms with Gasteiger partial charge in [0.15, 0.2) is 5.78 Å². The van der Waals surface area contributed by atoms with E-state index in [2.05, 4.69) is 6.07 Å². The van der Waals surface area contributed by atoms with E-state index >= 15 is 0 Å². The van der Waals surface area contributed by atoms with Gasteiger partial charge in [-0.1, -0.05) is 36.8 Å². The second-order valence-corrected chi connectivity index (χ2v) is 8.28. The van der Waals surface area contributed by atoms with Crippen LogP contribution in [-0.4, -0.2) is 44.3 Å². The Morgan fingerprint density at radius 1 is 0.829 bits per heavy atom. The molecular weight excluding hydrogens is 518 g/mol. The maximum Gasteiger partial charge on any atom is 1.00 e.